The second kappa shape index (κ2) is 6.70. The van der Waals surface area contributed by atoms with Crippen LogP contribution in [0.1, 0.15) is 26.0 Å². The number of hydrogen-bond donors (Lipinski definition) is 1. The van der Waals surface area contributed by atoms with Crippen molar-refractivity contribution in [1.29, 1.82) is 0 Å². The normalized spacial score (nSPS) is 21.1. The highest BCUT2D eigenvalue weighted by Gasteiger charge is 2.53. The number of benzene rings is 1. The lowest BCUT2D eigenvalue weighted by atomic mass is 9.64. The molecule has 25 heavy (non-hydrogen) atoms. The van der Waals surface area contributed by atoms with Crippen LogP contribution in [0.2, 0.25) is 0 Å². The Hall–Kier alpha value is -2.63. The Morgan fingerprint density at radius 1 is 1.28 bits per heavy atom. The van der Waals surface area contributed by atoms with Crippen LogP contribution in [0.3, 0.4) is 0 Å². The van der Waals surface area contributed by atoms with E-state index in [1.165, 1.54) is 0 Å². The van der Waals surface area contributed by atoms with Crippen molar-refractivity contribution in [3.05, 3.63) is 48.3 Å². The second-order valence-electron chi connectivity index (χ2n) is 7.06. The number of carbonyl (C=O) groups is 1. The van der Waals surface area contributed by atoms with Gasteiger partial charge in [-0.3, -0.25) is 0 Å². The summed E-state index contributed by atoms with van der Waals surface area (Å²) in [7, 11) is 1.82. The molecule has 6 heteroatoms. The number of ether oxygens (including phenoxy) is 1. The van der Waals surface area contributed by atoms with Crippen LogP contribution >= 0.6 is 0 Å². The van der Waals surface area contributed by atoms with E-state index in [-0.39, 0.29) is 23.6 Å². The summed E-state index contributed by atoms with van der Waals surface area (Å²) in [4.78, 5) is 14.3. The maximum Gasteiger partial charge on any atom is 0.321 e. The van der Waals surface area contributed by atoms with E-state index in [9.17, 15) is 4.79 Å². The van der Waals surface area contributed by atoms with E-state index in [1.54, 1.807) is 17.2 Å². The molecule has 1 fully saturated rings. The van der Waals surface area contributed by atoms with Crippen LogP contribution in [0.4, 0.5) is 10.5 Å². The molecule has 1 saturated carbocycles. The molecule has 0 saturated heterocycles. The predicted octanol–water partition coefficient (Wildman–Crippen LogP) is 3.49. The van der Waals surface area contributed by atoms with Crippen LogP contribution in [-0.2, 0) is 0 Å². The van der Waals surface area contributed by atoms with Crippen molar-refractivity contribution in [2.75, 3.05) is 12.4 Å². The molecule has 6 nitrogen and oxygen atoms in total. The monoisotopic (exact) mass is 340 g/mol. The standard InChI is InChI=1S/C19H24N4O2/c1-13-15(10-11-20-22-13)21-18(24)23(4)16-12-17(19(16,2)3)25-14-8-6-5-7-9-14/h5-11,16-17H,12H2,1-4H3,(H,20,21,24). The SMILES string of the molecule is Cc1nnccc1NC(=O)N(C)C1CC(Oc2ccccc2)C1(C)C. The highest BCUT2D eigenvalue weighted by atomic mass is 16.5. The van der Waals surface area contributed by atoms with Gasteiger partial charge in [0.25, 0.3) is 0 Å². The zero-order chi connectivity index (χ0) is 18.0. The van der Waals surface area contributed by atoms with Crippen LogP contribution < -0.4 is 10.1 Å². The molecule has 0 spiro atoms. The number of aromatic nitrogens is 2. The van der Waals surface area contributed by atoms with Gasteiger partial charge < -0.3 is 15.0 Å². The molecule has 2 atom stereocenters. The molecule has 1 aliphatic carbocycles. The van der Waals surface area contributed by atoms with Gasteiger partial charge >= 0.3 is 6.03 Å². The van der Waals surface area contributed by atoms with Gasteiger partial charge in [0.1, 0.15) is 11.9 Å². The van der Waals surface area contributed by atoms with Gasteiger partial charge in [-0.2, -0.15) is 10.2 Å². The zero-order valence-corrected chi connectivity index (χ0v) is 15.1. The number of nitrogens with one attached hydrogen (secondary N) is 1. The van der Waals surface area contributed by atoms with Gasteiger partial charge in [0.2, 0.25) is 0 Å². The molecule has 132 valence electrons. The number of anilines is 1. The Bertz CT molecular complexity index is 748. The number of carbonyl (C=O) groups excluding carboxylic acids is 1. The first-order valence-electron chi connectivity index (χ1n) is 8.43. The van der Waals surface area contributed by atoms with Crippen LogP contribution in [0.25, 0.3) is 0 Å². The number of amides is 2. The van der Waals surface area contributed by atoms with E-state index in [0.29, 0.717) is 11.4 Å². The summed E-state index contributed by atoms with van der Waals surface area (Å²) in [5.74, 6) is 0.865. The molecule has 2 unspecified atom stereocenters. The summed E-state index contributed by atoms with van der Waals surface area (Å²) in [6.45, 7) is 6.09. The highest BCUT2D eigenvalue weighted by Crippen LogP contribution is 2.45. The quantitative estimate of drug-likeness (QED) is 0.925. The first-order chi connectivity index (χ1) is 11.9. The number of para-hydroxylation sites is 1. The lowest BCUT2D eigenvalue weighted by molar-refractivity contribution is -0.0848. The lowest BCUT2D eigenvalue weighted by Gasteiger charge is -2.54. The molecule has 1 aromatic carbocycles. The van der Waals surface area contributed by atoms with Gasteiger partial charge in [0, 0.05) is 24.9 Å². The summed E-state index contributed by atoms with van der Waals surface area (Å²) in [5.41, 5.74) is 1.25. The third-order valence-electron chi connectivity index (χ3n) is 5.08. The molecule has 1 aromatic heterocycles. The molecule has 0 bridgehead atoms. The van der Waals surface area contributed by atoms with Crippen LogP contribution in [0, 0.1) is 12.3 Å². The molecular formula is C19H24N4O2. The first kappa shape index (κ1) is 17.2. The lowest BCUT2D eigenvalue weighted by Crippen LogP contribution is -2.63. The number of nitrogens with zero attached hydrogens (tertiary/aromatic N) is 3. The Kier molecular flexibility index (Phi) is 4.61. The molecule has 3 rings (SSSR count). The Morgan fingerprint density at radius 3 is 2.64 bits per heavy atom. The van der Waals surface area contributed by atoms with E-state index in [1.807, 2.05) is 44.3 Å². The van der Waals surface area contributed by atoms with Gasteiger partial charge in [-0.1, -0.05) is 32.0 Å². The fourth-order valence-corrected chi connectivity index (χ4v) is 3.26. The fraction of sp³-hybridized carbons (Fsp3) is 0.421. The average Bonchev–Trinajstić information content (AvgIpc) is 2.60. The molecule has 1 aliphatic rings. The second-order valence-corrected chi connectivity index (χ2v) is 7.06. The van der Waals surface area contributed by atoms with Crippen molar-refractivity contribution in [1.82, 2.24) is 15.1 Å². The minimum absolute atomic E-state index is 0.0829. The summed E-state index contributed by atoms with van der Waals surface area (Å²) in [6, 6.07) is 11.5. The molecular weight excluding hydrogens is 316 g/mol. The highest BCUT2D eigenvalue weighted by molar-refractivity contribution is 5.90. The van der Waals surface area contributed by atoms with Crippen molar-refractivity contribution in [3.8, 4) is 5.75 Å². The van der Waals surface area contributed by atoms with E-state index >= 15 is 0 Å². The third kappa shape index (κ3) is 3.43. The molecule has 1 heterocycles. The van der Waals surface area contributed by atoms with E-state index in [4.69, 9.17) is 4.74 Å². The van der Waals surface area contributed by atoms with Gasteiger partial charge in [0.15, 0.2) is 0 Å². The van der Waals surface area contributed by atoms with Gasteiger partial charge in [0.05, 0.1) is 17.6 Å². The maximum absolute atomic E-state index is 12.6. The van der Waals surface area contributed by atoms with Crippen LogP contribution in [-0.4, -0.2) is 40.3 Å². The third-order valence-corrected chi connectivity index (χ3v) is 5.08. The van der Waals surface area contributed by atoms with Crippen molar-refractivity contribution in [2.45, 2.75) is 39.3 Å². The minimum Gasteiger partial charge on any atom is -0.490 e. The van der Waals surface area contributed by atoms with Crippen molar-refractivity contribution in [2.24, 2.45) is 5.41 Å². The summed E-state index contributed by atoms with van der Waals surface area (Å²) < 4.78 is 6.09. The summed E-state index contributed by atoms with van der Waals surface area (Å²) in [5, 5.41) is 10.7. The van der Waals surface area contributed by atoms with Crippen molar-refractivity contribution < 1.29 is 9.53 Å². The number of urea groups is 1. The summed E-state index contributed by atoms with van der Waals surface area (Å²) >= 11 is 0. The maximum atomic E-state index is 12.6. The smallest absolute Gasteiger partial charge is 0.321 e. The van der Waals surface area contributed by atoms with Crippen LogP contribution in [0.15, 0.2) is 42.6 Å². The number of aryl methyl sites for hydroxylation is 1. The van der Waals surface area contributed by atoms with Crippen molar-refractivity contribution >= 4 is 11.7 Å². The topological polar surface area (TPSA) is 67.4 Å². The molecule has 2 amide bonds. The van der Waals surface area contributed by atoms with E-state index in [0.717, 1.165) is 12.2 Å². The minimum atomic E-state index is -0.146. The molecule has 0 aliphatic heterocycles. The Morgan fingerprint density at radius 2 is 2.00 bits per heavy atom. The van der Waals surface area contributed by atoms with Gasteiger partial charge in [-0.15, -0.1) is 0 Å². The van der Waals surface area contributed by atoms with E-state index in [2.05, 4.69) is 29.4 Å². The van der Waals surface area contributed by atoms with Gasteiger partial charge in [-0.25, -0.2) is 4.79 Å². The average molecular weight is 340 g/mol. The largest absolute Gasteiger partial charge is 0.490 e. The fourth-order valence-electron chi connectivity index (χ4n) is 3.26. The van der Waals surface area contributed by atoms with Crippen LogP contribution in [0.5, 0.6) is 5.75 Å². The predicted molar refractivity (Wildman–Crippen MR) is 96.6 cm³/mol. The zero-order valence-electron chi connectivity index (χ0n) is 15.1. The number of hydrogen-bond acceptors (Lipinski definition) is 4. The number of rotatable bonds is 4. The summed E-state index contributed by atoms with van der Waals surface area (Å²) in [6.07, 6.45) is 2.46. The molecule has 0 radical (unpaired) electrons. The Balaban J connectivity index is 1.62. The molecule has 2 aromatic rings. The first-order valence-corrected chi connectivity index (χ1v) is 8.43. The molecule has 1 N–H and O–H groups in total. The van der Waals surface area contributed by atoms with E-state index < -0.39 is 0 Å². The van der Waals surface area contributed by atoms with Gasteiger partial charge in [-0.05, 0) is 25.1 Å². The Labute approximate surface area is 148 Å². The van der Waals surface area contributed by atoms with Crippen molar-refractivity contribution in [3.63, 3.8) is 0 Å².